The molecule has 0 aliphatic heterocycles. The number of rotatable bonds is 2. The number of thiazole rings is 1. The minimum absolute atomic E-state index is 0.247. The first-order valence-electron chi connectivity index (χ1n) is 4.07. The van der Waals surface area contributed by atoms with Crippen LogP contribution in [0, 0.1) is 5.82 Å². The Kier molecular flexibility index (Phi) is 2.79. The van der Waals surface area contributed by atoms with Crippen LogP contribution in [0.1, 0.15) is 10.5 Å². The Labute approximate surface area is 94.3 Å². The van der Waals surface area contributed by atoms with Gasteiger partial charge in [0.25, 0.3) is 0 Å². The van der Waals surface area contributed by atoms with Gasteiger partial charge in [0, 0.05) is 5.38 Å². The minimum atomic E-state index is -0.436. The number of aldehydes is 1. The van der Waals surface area contributed by atoms with Gasteiger partial charge < -0.3 is 0 Å². The highest BCUT2D eigenvalue weighted by Crippen LogP contribution is 2.32. The van der Waals surface area contributed by atoms with Crippen molar-refractivity contribution in [1.29, 1.82) is 0 Å². The van der Waals surface area contributed by atoms with Crippen LogP contribution in [0.15, 0.2) is 23.6 Å². The number of carbonyl (C=O) groups excluding carboxylic acids is 1. The average Bonchev–Trinajstić information content (AvgIpc) is 2.66. The smallest absolute Gasteiger partial charge is 0.169 e. The van der Waals surface area contributed by atoms with E-state index in [-0.39, 0.29) is 11.3 Å². The van der Waals surface area contributed by atoms with Crippen LogP contribution >= 0.6 is 22.9 Å². The van der Waals surface area contributed by atoms with Crippen molar-refractivity contribution in [2.75, 3.05) is 0 Å². The third-order valence-corrected chi connectivity index (χ3v) is 3.01. The fourth-order valence-corrected chi connectivity index (χ4v) is 2.29. The van der Waals surface area contributed by atoms with Crippen LogP contribution in [0.2, 0.25) is 5.02 Å². The SMILES string of the molecule is O=Cc1csc(-c2c(F)cccc2Cl)n1. The van der Waals surface area contributed by atoms with Crippen molar-refractivity contribution in [2.24, 2.45) is 0 Å². The monoisotopic (exact) mass is 241 g/mol. The Bertz CT molecular complexity index is 492. The Hall–Kier alpha value is -1.26. The van der Waals surface area contributed by atoms with Crippen LogP contribution < -0.4 is 0 Å². The van der Waals surface area contributed by atoms with Gasteiger partial charge in [-0.15, -0.1) is 11.3 Å². The summed E-state index contributed by atoms with van der Waals surface area (Å²) < 4.78 is 13.4. The fraction of sp³-hybridized carbons (Fsp3) is 0. The second kappa shape index (κ2) is 4.08. The van der Waals surface area contributed by atoms with Crippen molar-refractivity contribution < 1.29 is 9.18 Å². The topological polar surface area (TPSA) is 30.0 Å². The summed E-state index contributed by atoms with van der Waals surface area (Å²) in [6.45, 7) is 0. The third-order valence-electron chi connectivity index (χ3n) is 1.82. The highest BCUT2D eigenvalue weighted by atomic mass is 35.5. The maximum atomic E-state index is 13.4. The first kappa shape index (κ1) is 10.3. The van der Waals surface area contributed by atoms with E-state index in [1.165, 1.54) is 23.5 Å². The van der Waals surface area contributed by atoms with Crippen molar-refractivity contribution in [3.8, 4) is 10.6 Å². The molecule has 0 N–H and O–H groups in total. The first-order valence-corrected chi connectivity index (χ1v) is 5.33. The van der Waals surface area contributed by atoms with Gasteiger partial charge >= 0.3 is 0 Å². The molecule has 1 aromatic heterocycles. The van der Waals surface area contributed by atoms with E-state index < -0.39 is 5.82 Å². The molecule has 0 radical (unpaired) electrons. The van der Waals surface area contributed by atoms with Gasteiger partial charge in [0.05, 0.1) is 10.6 Å². The summed E-state index contributed by atoms with van der Waals surface area (Å²) in [5.74, 6) is -0.436. The third kappa shape index (κ3) is 1.91. The number of halogens is 2. The first-order chi connectivity index (χ1) is 7.22. The quantitative estimate of drug-likeness (QED) is 0.754. The van der Waals surface area contributed by atoms with E-state index in [1.54, 1.807) is 11.4 Å². The molecule has 2 rings (SSSR count). The maximum Gasteiger partial charge on any atom is 0.169 e. The van der Waals surface area contributed by atoms with Gasteiger partial charge in [0.1, 0.15) is 16.5 Å². The Morgan fingerprint density at radius 3 is 2.87 bits per heavy atom. The lowest BCUT2D eigenvalue weighted by molar-refractivity contribution is 0.111. The van der Waals surface area contributed by atoms with E-state index >= 15 is 0 Å². The lowest BCUT2D eigenvalue weighted by Crippen LogP contribution is -1.86. The van der Waals surface area contributed by atoms with Gasteiger partial charge in [-0.1, -0.05) is 17.7 Å². The largest absolute Gasteiger partial charge is 0.296 e. The van der Waals surface area contributed by atoms with Gasteiger partial charge in [-0.25, -0.2) is 9.37 Å². The van der Waals surface area contributed by atoms with E-state index in [1.807, 2.05) is 0 Å². The van der Waals surface area contributed by atoms with Crippen molar-refractivity contribution in [3.63, 3.8) is 0 Å². The fourth-order valence-electron chi connectivity index (χ4n) is 1.16. The van der Waals surface area contributed by atoms with Gasteiger partial charge in [0.15, 0.2) is 6.29 Å². The molecule has 0 saturated carbocycles. The molecule has 15 heavy (non-hydrogen) atoms. The molecule has 0 amide bonds. The van der Waals surface area contributed by atoms with Crippen LogP contribution in [0.4, 0.5) is 4.39 Å². The van der Waals surface area contributed by atoms with E-state index in [9.17, 15) is 9.18 Å². The van der Waals surface area contributed by atoms with Crippen molar-refractivity contribution in [2.45, 2.75) is 0 Å². The molecule has 0 unspecified atom stereocenters. The number of aromatic nitrogens is 1. The summed E-state index contributed by atoms with van der Waals surface area (Å²) in [7, 11) is 0. The van der Waals surface area contributed by atoms with Crippen LogP contribution in [-0.4, -0.2) is 11.3 Å². The predicted octanol–water partition coefficient (Wildman–Crippen LogP) is 3.42. The zero-order valence-corrected chi connectivity index (χ0v) is 8.98. The minimum Gasteiger partial charge on any atom is -0.296 e. The van der Waals surface area contributed by atoms with Gasteiger partial charge in [-0.05, 0) is 12.1 Å². The van der Waals surface area contributed by atoms with Gasteiger partial charge in [-0.2, -0.15) is 0 Å². The molecule has 2 nitrogen and oxygen atoms in total. The molecule has 0 aliphatic rings. The Balaban J connectivity index is 2.58. The molecule has 0 fully saturated rings. The van der Waals surface area contributed by atoms with Crippen molar-refractivity contribution in [3.05, 3.63) is 40.1 Å². The van der Waals surface area contributed by atoms with Crippen LogP contribution in [-0.2, 0) is 0 Å². The van der Waals surface area contributed by atoms with Crippen LogP contribution in [0.5, 0.6) is 0 Å². The Morgan fingerprint density at radius 2 is 2.27 bits per heavy atom. The van der Waals surface area contributed by atoms with Gasteiger partial charge in [0.2, 0.25) is 0 Å². The Morgan fingerprint density at radius 1 is 1.47 bits per heavy atom. The van der Waals surface area contributed by atoms with Crippen molar-refractivity contribution >= 4 is 29.2 Å². The zero-order valence-electron chi connectivity index (χ0n) is 7.41. The lowest BCUT2D eigenvalue weighted by Gasteiger charge is -2.00. The molecule has 2 aromatic rings. The summed E-state index contributed by atoms with van der Waals surface area (Å²) in [4.78, 5) is 14.4. The molecular formula is C10H5ClFNOS. The second-order valence-corrected chi connectivity index (χ2v) is 4.06. The molecule has 76 valence electrons. The number of hydrogen-bond acceptors (Lipinski definition) is 3. The number of benzene rings is 1. The standard InChI is InChI=1S/C10H5ClFNOS/c11-7-2-1-3-8(12)9(7)10-13-6(4-14)5-15-10/h1-5H. The predicted molar refractivity (Wildman–Crippen MR) is 57.9 cm³/mol. The van der Waals surface area contributed by atoms with E-state index in [0.717, 1.165) is 0 Å². The van der Waals surface area contributed by atoms with E-state index in [0.29, 0.717) is 16.3 Å². The molecular weight excluding hydrogens is 237 g/mol. The summed E-state index contributed by atoms with van der Waals surface area (Å²) in [6.07, 6.45) is 0.620. The zero-order chi connectivity index (χ0) is 10.8. The van der Waals surface area contributed by atoms with E-state index in [4.69, 9.17) is 11.6 Å². The second-order valence-electron chi connectivity index (χ2n) is 2.79. The lowest BCUT2D eigenvalue weighted by atomic mass is 10.2. The molecule has 5 heteroatoms. The normalized spacial score (nSPS) is 10.3. The number of nitrogens with zero attached hydrogens (tertiary/aromatic N) is 1. The van der Waals surface area contributed by atoms with Crippen molar-refractivity contribution in [1.82, 2.24) is 4.98 Å². The number of carbonyl (C=O) groups is 1. The van der Waals surface area contributed by atoms with Crippen LogP contribution in [0.3, 0.4) is 0 Å². The summed E-state index contributed by atoms with van der Waals surface area (Å²) in [5, 5.41) is 2.27. The molecule has 1 heterocycles. The summed E-state index contributed by atoms with van der Waals surface area (Å²) >= 11 is 7.04. The van der Waals surface area contributed by atoms with E-state index in [2.05, 4.69) is 4.98 Å². The molecule has 0 bridgehead atoms. The molecule has 0 spiro atoms. The van der Waals surface area contributed by atoms with Crippen LogP contribution in [0.25, 0.3) is 10.6 Å². The highest BCUT2D eigenvalue weighted by Gasteiger charge is 2.12. The summed E-state index contributed by atoms with van der Waals surface area (Å²) in [5.41, 5.74) is 0.534. The molecule has 0 aliphatic carbocycles. The highest BCUT2D eigenvalue weighted by molar-refractivity contribution is 7.13. The maximum absolute atomic E-state index is 13.4. The molecule has 1 aromatic carbocycles. The molecule has 0 atom stereocenters. The average molecular weight is 242 g/mol. The molecule has 0 saturated heterocycles. The summed E-state index contributed by atoms with van der Waals surface area (Å²) in [6, 6.07) is 4.42. The number of hydrogen-bond donors (Lipinski definition) is 0. The van der Waals surface area contributed by atoms with Gasteiger partial charge in [-0.3, -0.25) is 4.79 Å².